The Morgan fingerprint density at radius 2 is 1.74 bits per heavy atom. The first-order chi connectivity index (χ1) is 13.0. The van der Waals surface area contributed by atoms with Gasteiger partial charge in [0.05, 0.1) is 18.0 Å². The van der Waals surface area contributed by atoms with E-state index in [1.807, 2.05) is 22.9 Å². The number of halogens is 1. The monoisotopic (exact) mass is 386 g/mol. The molecule has 0 bridgehead atoms. The average molecular weight is 386 g/mol. The average Bonchev–Trinajstić information content (AvgIpc) is 3.16. The Bertz CT molecular complexity index is 1060. The number of methoxy groups -OCH3 is 1. The highest BCUT2D eigenvalue weighted by Crippen LogP contribution is 2.37. The van der Waals surface area contributed by atoms with E-state index >= 15 is 0 Å². The maximum atomic E-state index is 14.6. The largest absolute Gasteiger partial charge is 0.497 e. The van der Waals surface area contributed by atoms with Crippen LogP contribution in [0.15, 0.2) is 71.8 Å². The Balaban J connectivity index is 1.84. The summed E-state index contributed by atoms with van der Waals surface area (Å²) in [5.74, 6) is 0.152. The maximum absolute atomic E-state index is 14.6. The fraction of sp³-hybridized carbons (Fsp3) is 0.200. The van der Waals surface area contributed by atoms with Crippen LogP contribution in [0.4, 0.5) is 4.39 Å². The lowest BCUT2D eigenvalue weighted by Gasteiger charge is -2.36. The van der Waals surface area contributed by atoms with Crippen LogP contribution in [0.25, 0.3) is 0 Å². The van der Waals surface area contributed by atoms with Gasteiger partial charge in [-0.05, 0) is 42.5 Å². The fourth-order valence-electron chi connectivity index (χ4n) is 3.52. The van der Waals surface area contributed by atoms with Crippen molar-refractivity contribution < 1.29 is 17.5 Å². The van der Waals surface area contributed by atoms with Crippen LogP contribution >= 0.6 is 0 Å². The lowest BCUT2D eigenvalue weighted by molar-refractivity contribution is 0.293. The molecular weight excluding hydrogens is 367 g/mol. The molecule has 0 radical (unpaired) electrons. The van der Waals surface area contributed by atoms with E-state index < -0.39 is 21.9 Å². The summed E-state index contributed by atoms with van der Waals surface area (Å²) in [7, 11) is -2.30. The van der Waals surface area contributed by atoms with Crippen molar-refractivity contribution in [1.82, 2.24) is 8.87 Å². The quantitative estimate of drug-likeness (QED) is 0.690. The van der Waals surface area contributed by atoms with Crippen molar-refractivity contribution in [2.24, 2.45) is 0 Å². The predicted molar refractivity (Wildman–Crippen MR) is 99.6 cm³/mol. The van der Waals surface area contributed by atoms with Crippen LogP contribution in [-0.2, 0) is 16.6 Å². The molecule has 2 heterocycles. The molecule has 1 aromatic heterocycles. The summed E-state index contributed by atoms with van der Waals surface area (Å²) in [6.45, 7) is 0.776. The molecule has 0 spiro atoms. The van der Waals surface area contributed by atoms with Crippen LogP contribution in [0, 0.1) is 5.82 Å². The van der Waals surface area contributed by atoms with Gasteiger partial charge in [-0.25, -0.2) is 12.8 Å². The Hall–Kier alpha value is -2.64. The van der Waals surface area contributed by atoms with Crippen molar-refractivity contribution in [2.75, 3.05) is 13.7 Å². The zero-order valence-corrected chi connectivity index (χ0v) is 15.6. The van der Waals surface area contributed by atoms with Crippen molar-refractivity contribution in [3.05, 3.63) is 83.9 Å². The lowest BCUT2D eigenvalue weighted by Crippen LogP contribution is -2.42. The van der Waals surface area contributed by atoms with Gasteiger partial charge < -0.3 is 9.30 Å². The third-order valence-corrected chi connectivity index (χ3v) is 6.74. The second kappa shape index (κ2) is 6.83. The Morgan fingerprint density at radius 3 is 2.44 bits per heavy atom. The van der Waals surface area contributed by atoms with Crippen molar-refractivity contribution in [1.29, 1.82) is 0 Å². The molecule has 140 valence electrons. The minimum absolute atomic E-state index is 0.157. The number of hydrogen-bond donors (Lipinski definition) is 0. The fourth-order valence-corrected chi connectivity index (χ4v) is 5.09. The predicted octanol–water partition coefficient (Wildman–Crippen LogP) is 3.43. The first-order valence-electron chi connectivity index (χ1n) is 8.58. The SMILES string of the molecule is COc1ccc(S(=O)(=O)N2CCn3cccc3C2c2ccccc2F)cc1. The molecule has 27 heavy (non-hydrogen) atoms. The molecule has 1 unspecified atom stereocenters. The minimum Gasteiger partial charge on any atom is -0.497 e. The zero-order valence-electron chi connectivity index (χ0n) is 14.7. The minimum atomic E-state index is -3.82. The molecule has 0 amide bonds. The Morgan fingerprint density at radius 1 is 1.00 bits per heavy atom. The Labute approximate surface area is 157 Å². The van der Waals surface area contributed by atoms with Crippen LogP contribution in [0.3, 0.4) is 0 Å². The number of benzene rings is 2. The smallest absolute Gasteiger partial charge is 0.244 e. The van der Waals surface area contributed by atoms with E-state index in [0.29, 0.717) is 17.9 Å². The van der Waals surface area contributed by atoms with Crippen molar-refractivity contribution in [3.8, 4) is 5.75 Å². The summed E-state index contributed by atoms with van der Waals surface area (Å²) < 4.78 is 49.8. The summed E-state index contributed by atoms with van der Waals surface area (Å²) in [6, 6.07) is 15.5. The van der Waals surface area contributed by atoms with Gasteiger partial charge in [0.15, 0.2) is 0 Å². The highest BCUT2D eigenvalue weighted by molar-refractivity contribution is 7.89. The molecule has 0 fully saturated rings. The van der Waals surface area contributed by atoms with Crippen LogP contribution in [0.2, 0.25) is 0 Å². The topological polar surface area (TPSA) is 51.5 Å². The summed E-state index contributed by atoms with van der Waals surface area (Å²) in [6.07, 6.45) is 1.89. The number of ether oxygens (including phenoxy) is 1. The Kier molecular flexibility index (Phi) is 4.49. The number of hydrogen-bond acceptors (Lipinski definition) is 3. The van der Waals surface area contributed by atoms with Gasteiger partial charge in [0, 0.05) is 30.5 Å². The number of aromatic nitrogens is 1. The third-order valence-electron chi connectivity index (χ3n) is 4.86. The van der Waals surface area contributed by atoms with Crippen molar-refractivity contribution >= 4 is 10.0 Å². The normalized spacial score (nSPS) is 17.5. The zero-order chi connectivity index (χ0) is 19.0. The molecule has 0 N–H and O–H groups in total. The molecule has 1 aliphatic rings. The molecule has 2 aromatic carbocycles. The summed E-state index contributed by atoms with van der Waals surface area (Å²) in [5.41, 5.74) is 1.10. The van der Waals surface area contributed by atoms with Gasteiger partial charge in [-0.2, -0.15) is 4.31 Å². The van der Waals surface area contributed by atoms with E-state index in [9.17, 15) is 12.8 Å². The highest BCUT2D eigenvalue weighted by Gasteiger charge is 2.38. The summed E-state index contributed by atoms with van der Waals surface area (Å²) in [5, 5.41) is 0. The first-order valence-corrected chi connectivity index (χ1v) is 10.0. The summed E-state index contributed by atoms with van der Waals surface area (Å²) in [4.78, 5) is 0.157. The van der Waals surface area contributed by atoms with Crippen LogP contribution < -0.4 is 4.74 Å². The molecule has 0 saturated heterocycles. The van der Waals surface area contributed by atoms with Crippen LogP contribution in [-0.4, -0.2) is 30.9 Å². The van der Waals surface area contributed by atoms with E-state index in [1.54, 1.807) is 30.3 Å². The third kappa shape index (κ3) is 3.02. The molecular formula is C20H19FN2O3S. The maximum Gasteiger partial charge on any atom is 0.244 e. The van der Waals surface area contributed by atoms with Crippen molar-refractivity contribution in [2.45, 2.75) is 17.5 Å². The number of fused-ring (bicyclic) bond motifs is 1. The van der Waals surface area contributed by atoms with Gasteiger partial charge in [-0.3, -0.25) is 0 Å². The van der Waals surface area contributed by atoms with Gasteiger partial charge in [-0.1, -0.05) is 18.2 Å². The first kappa shape index (κ1) is 17.8. The van der Waals surface area contributed by atoms with E-state index in [4.69, 9.17) is 4.74 Å². The van der Waals surface area contributed by atoms with Crippen LogP contribution in [0.5, 0.6) is 5.75 Å². The molecule has 0 aliphatic carbocycles. The number of nitrogens with zero attached hydrogens (tertiary/aromatic N) is 2. The number of rotatable bonds is 4. The van der Waals surface area contributed by atoms with Crippen LogP contribution in [0.1, 0.15) is 17.3 Å². The van der Waals surface area contributed by atoms with Gasteiger partial charge in [-0.15, -0.1) is 0 Å². The van der Waals surface area contributed by atoms with Gasteiger partial charge in [0.25, 0.3) is 0 Å². The molecule has 3 aromatic rings. The lowest BCUT2D eigenvalue weighted by atomic mass is 10.0. The van der Waals surface area contributed by atoms with Gasteiger partial charge in [0.2, 0.25) is 10.0 Å². The van der Waals surface area contributed by atoms with Gasteiger partial charge in [0.1, 0.15) is 11.6 Å². The standard InChI is InChI=1S/C20H19FN2O3S/c1-26-15-8-10-16(11-9-15)27(24,25)23-14-13-22-12-4-7-19(22)20(23)17-5-2-3-6-18(17)21/h2-12,20H,13-14H2,1H3. The molecule has 0 saturated carbocycles. The van der Waals surface area contributed by atoms with Gasteiger partial charge >= 0.3 is 0 Å². The molecule has 1 atom stereocenters. The van der Waals surface area contributed by atoms with E-state index in [-0.39, 0.29) is 11.4 Å². The molecule has 1 aliphatic heterocycles. The second-order valence-corrected chi connectivity index (χ2v) is 8.23. The molecule has 7 heteroatoms. The molecule has 4 rings (SSSR count). The van der Waals surface area contributed by atoms with E-state index in [1.165, 1.54) is 29.6 Å². The van der Waals surface area contributed by atoms with E-state index in [0.717, 1.165) is 5.69 Å². The number of sulfonamides is 1. The summed E-state index contributed by atoms with van der Waals surface area (Å²) >= 11 is 0. The highest BCUT2D eigenvalue weighted by atomic mass is 32.2. The second-order valence-electron chi connectivity index (χ2n) is 6.34. The van der Waals surface area contributed by atoms with Crippen molar-refractivity contribution in [3.63, 3.8) is 0 Å². The van der Waals surface area contributed by atoms with E-state index in [2.05, 4.69) is 0 Å². The molecule has 5 nitrogen and oxygen atoms in total.